The number of aryl methyl sites for hydroxylation is 1. The number of rotatable bonds is 2. The monoisotopic (exact) mass is 246 g/mol. The summed E-state index contributed by atoms with van der Waals surface area (Å²) in [6.07, 6.45) is 0. The summed E-state index contributed by atoms with van der Waals surface area (Å²) in [6.45, 7) is 3.53. The summed E-state index contributed by atoms with van der Waals surface area (Å²) < 4.78 is 0. The summed E-state index contributed by atoms with van der Waals surface area (Å²) in [5.74, 6) is -0.0661. The van der Waals surface area contributed by atoms with Gasteiger partial charge in [-0.2, -0.15) is 0 Å². The van der Waals surface area contributed by atoms with E-state index in [2.05, 4.69) is 11.4 Å². The van der Waals surface area contributed by atoms with Crippen LogP contribution in [0.1, 0.15) is 11.8 Å². The van der Waals surface area contributed by atoms with E-state index in [-0.39, 0.29) is 5.91 Å². The molecule has 1 heterocycles. The Hall–Kier alpha value is -1.81. The molecule has 3 N–H and O–H groups in total. The number of thiophene rings is 1. The van der Waals surface area contributed by atoms with Crippen molar-refractivity contribution >= 4 is 27.9 Å². The first kappa shape index (κ1) is 11.7. The third-order valence-electron chi connectivity index (χ3n) is 2.40. The fraction of sp³-hybridized carbons (Fsp3) is 0.154. The normalized spacial score (nSPS) is 10.2. The van der Waals surface area contributed by atoms with Gasteiger partial charge in [0, 0.05) is 23.1 Å². The van der Waals surface area contributed by atoms with Crippen molar-refractivity contribution in [1.29, 1.82) is 0 Å². The van der Waals surface area contributed by atoms with Gasteiger partial charge in [0.05, 0.1) is 5.00 Å². The molecule has 2 rings (SSSR count). The summed E-state index contributed by atoms with van der Waals surface area (Å²) in [5, 5.41) is 3.56. The Labute approximate surface area is 104 Å². The fourth-order valence-electron chi connectivity index (χ4n) is 1.69. The molecule has 1 aromatic carbocycles. The molecule has 0 fully saturated rings. The number of amides is 1. The number of carbonyl (C=O) groups excluding carboxylic acids is 1. The minimum absolute atomic E-state index is 0.0661. The predicted octanol–water partition coefficient (Wildman–Crippen LogP) is 3.26. The lowest BCUT2D eigenvalue weighted by atomic mass is 10.1. The molecule has 0 atom stereocenters. The van der Waals surface area contributed by atoms with Crippen molar-refractivity contribution in [1.82, 2.24) is 0 Å². The number of hydrogen-bond acceptors (Lipinski definition) is 3. The predicted molar refractivity (Wildman–Crippen MR) is 73.2 cm³/mol. The molecular weight excluding hydrogens is 232 g/mol. The van der Waals surface area contributed by atoms with Crippen molar-refractivity contribution < 1.29 is 4.79 Å². The summed E-state index contributed by atoms with van der Waals surface area (Å²) >= 11 is 1.59. The van der Waals surface area contributed by atoms with Crippen molar-refractivity contribution in [3.8, 4) is 11.1 Å². The van der Waals surface area contributed by atoms with E-state index in [1.165, 1.54) is 11.8 Å². The van der Waals surface area contributed by atoms with Gasteiger partial charge in [-0.3, -0.25) is 4.79 Å². The molecule has 2 aromatic rings. The zero-order valence-corrected chi connectivity index (χ0v) is 10.6. The zero-order chi connectivity index (χ0) is 12.4. The second kappa shape index (κ2) is 4.59. The second-order valence-corrected chi connectivity index (χ2v) is 5.18. The summed E-state index contributed by atoms with van der Waals surface area (Å²) in [7, 11) is 0. The summed E-state index contributed by atoms with van der Waals surface area (Å²) in [6, 6.07) is 9.76. The van der Waals surface area contributed by atoms with Gasteiger partial charge in [-0.05, 0) is 30.7 Å². The number of benzene rings is 1. The van der Waals surface area contributed by atoms with E-state index in [0.29, 0.717) is 0 Å². The van der Waals surface area contributed by atoms with Crippen LogP contribution in [0.5, 0.6) is 0 Å². The Bertz CT molecular complexity index is 543. The maximum Gasteiger partial charge on any atom is 0.221 e. The maximum atomic E-state index is 10.9. The molecule has 0 aliphatic carbocycles. The van der Waals surface area contributed by atoms with Gasteiger partial charge in [0.1, 0.15) is 0 Å². The van der Waals surface area contributed by atoms with Crippen LogP contribution < -0.4 is 11.1 Å². The highest BCUT2D eigenvalue weighted by atomic mass is 32.1. The molecule has 0 saturated heterocycles. The molecule has 0 unspecified atom stereocenters. The van der Waals surface area contributed by atoms with Crippen LogP contribution in [-0.2, 0) is 4.79 Å². The van der Waals surface area contributed by atoms with E-state index in [4.69, 9.17) is 5.73 Å². The average Bonchev–Trinajstić information content (AvgIpc) is 2.58. The third kappa shape index (κ3) is 2.65. The van der Waals surface area contributed by atoms with Crippen LogP contribution in [0.4, 0.5) is 10.7 Å². The molecular formula is C13H14N2OS. The van der Waals surface area contributed by atoms with Crippen molar-refractivity contribution in [2.24, 2.45) is 0 Å². The molecule has 0 bridgehead atoms. The van der Waals surface area contributed by atoms with E-state index in [1.807, 2.05) is 31.2 Å². The number of anilines is 2. The molecule has 4 heteroatoms. The maximum absolute atomic E-state index is 10.9. The number of carbonyl (C=O) groups is 1. The van der Waals surface area contributed by atoms with Crippen LogP contribution in [0, 0.1) is 6.92 Å². The highest BCUT2D eigenvalue weighted by Gasteiger charge is 2.06. The van der Waals surface area contributed by atoms with Crippen LogP contribution in [-0.4, -0.2) is 5.91 Å². The van der Waals surface area contributed by atoms with E-state index >= 15 is 0 Å². The van der Waals surface area contributed by atoms with Gasteiger partial charge in [-0.1, -0.05) is 12.1 Å². The van der Waals surface area contributed by atoms with Crippen molar-refractivity contribution in [3.63, 3.8) is 0 Å². The molecule has 0 saturated carbocycles. The Morgan fingerprint density at radius 2 is 1.94 bits per heavy atom. The molecule has 0 aliphatic heterocycles. The lowest BCUT2D eigenvalue weighted by Gasteiger charge is -2.04. The Morgan fingerprint density at radius 3 is 2.41 bits per heavy atom. The Kier molecular flexibility index (Phi) is 3.15. The van der Waals surface area contributed by atoms with Crippen LogP contribution in [0.3, 0.4) is 0 Å². The third-order valence-corrected chi connectivity index (χ3v) is 3.28. The highest BCUT2D eigenvalue weighted by Crippen LogP contribution is 2.33. The summed E-state index contributed by atoms with van der Waals surface area (Å²) in [4.78, 5) is 12.1. The molecule has 3 nitrogen and oxygen atoms in total. The first-order valence-electron chi connectivity index (χ1n) is 5.30. The average molecular weight is 246 g/mol. The lowest BCUT2D eigenvalue weighted by molar-refractivity contribution is -0.114. The van der Waals surface area contributed by atoms with E-state index < -0.39 is 0 Å². The molecule has 17 heavy (non-hydrogen) atoms. The van der Waals surface area contributed by atoms with Crippen molar-refractivity contribution in [3.05, 3.63) is 35.2 Å². The van der Waals surface area contributed by atoms with Gasteiger partial charge in [-0.15, -0.1) is 11.3 Å². The number of nitrogen functional groups attached to an aromatic ring is 1. The minimum atomic E-state index is -0.0661. The molecule has 1 amide bonds. The van der Waals surface area contributed by atoms with E-state index in [9.17, 15) is 4.79 Å². The Morgan fingerprint density at radius 1 is 1.29 bits per heavy atom. The van der Waals surface area contributed by atoms with Crippen LogP contribution in [0.15, 0.2) is 30.3 Å². The van der Waals surface area contributed by atoms with Crippen LogP contribution >= 0.6 is 11.3 Å². The van der Waals surface area contributed by atoms with Crippen LogP contribution in [0.25, 0.3) is 11.1 Å². The lowest BCUT2D eigenvalue weighted by Crippen LogP contribution is -2.05. The number of nitrogens with one attached hydrogen (secondary N) is 1. The van der Waals surface area contributed by atoms with E-state index in [1.54, 1.807) is 11.3 Å². The summed E-state index contributed by atoms with van der Waals surface area (Å²) in [5.41, 5.74) is 8.87. The smallest absolute Gasteiger partial charge is 0.221 e. The standard InChI is InChI=1S/C13H14N2OS/c1-8-7-12(13(14)17-8)10-3-5-11(6-4-10)15-9(2)16/h3-7H,14H2,1-2H3,(H,15,16). The molecule has 0 aliphatic rings. The molecule has 1 aromatic heterocycles. The van der Waals surface area contributed by atoms with Crippen molar-refractivity contribution in [2.75, 3.05) is 11.1 Å². The fourth-order valence-corrected chi connectivity index (χ4v) is 2.50. The van der Waals surface area contributed by atoms with Gasteiger partial charge in [0.2, 0.25) is 5.91 Å². The zero-order valence-electron chi connectivity index (χ0n) is 9.78. The minimum Gasteiger partial charge on any atom is -0.390 e. The first-order chi connectivity index (χ1) is 8.06. The highest BCUT2D eigenvalue weighted by molar-refractivity contribution is 7.16. The molecule has 0 radical (unpaired) electrons. The number of nitrogens with two attached hydrogens (primary N) is 1. The first-order valence-corrected chi connectivity index (χ1v) is 6.12. The van der Waals surface area contributed by atoms with Gasteiger partial charge in [-0.25, -0.2) is 0 Å². The number of hydrogen-bond donors (Lipinski definition) is 2. The molecule has 0 spiro atoms. The van der Waals surface area contributed by atoms with E-state index in [0.717, 1.165) is 21.8 Å². The van der Waals surface area contributed by atoms with Gasteiger partial charge < -0.3 is 11.1 Å². The van der Waals surface area contributed by atoms with Gasteiger partial charge in [0.25, 0.3) is 0 Å². The SMILES string of the molecule is CC(=O)Nc1ccc(-c2cc(C)sc2N)cc1. The van der Waals surface area contributed by atoms with Crippen molar-refractivity contribution in [2.45, 2.75) is 13.8 Å². The van der Waals surface area contributed by atoms with Crippen LogP contribution in [0.2, 0.25) is 0 Å². The van der Waals surface area contributed by atoms with Gasteiger partial charge in [0.15, 0.2) is 0 Å². The molecule has 88 valence electrons. The second-order valence-electron chi connectivity index (χ2n) is 3.89. The quantitative estimate of drug-likeness (QED) is 0.854. The Balaban J connectivity index is 2.29. The topological polar surface area (TPSA) is 55.1 Å². The van der Waals surface area contributed by atoms with Gasteiger partial charge >= 0.3 is 0 Å². The largest absolute Gasteiger partial charge is 0.390 e.